The van der Waals surface area contributed by atoms with E-state index in [-0.39, 0.29) is 22.6 Å². The molecule has 0 saturated carbocycles. The molecule has 0 spiro atoms. The molecule has 1 aliphatic rings. The quantitative estimate of drug-likeness (QED) is 0.253. The van der Waals surface area contributed by atoms with Gasteiger partial charge < -0.3 is 15.5 Å². The molecule has 2 amide bonds. The van der Waals surface area contributed by atoms with Crippen molar-refractivity contribution in [2.45, 2.75) is 26.2 Å². The lowest BCUT2D eigenvalue weighted by molar-refractivity contribution is 0.102. The van der Waals surface area contributed by atoms with Crippen molar-refractivity contribution in [2.24, 2.45) is 0 Å². The second-order valence-corrected chi connectivity index (χ2v) is 9.52. The van der Waals surface area contributed by atoms with Crippen molar-refractivity contribution in [3.05, 3.63) is 92.7 Å². The third kappa shape index (κ3) is 5.86. The largest absolute Gasteiger partial charge is 0.357 e. The Morgan fingerprint density at radius 3 is 2.19 bits per heavy atom. The van der Waals surface area contributed by atoms with E-state index in [0.717, 1.165) is 32.4 Å². The van der Waals surface area contributed by atoms with Gasteiger partial charge in [0.15, 0.2) is 0 Å². The van der Waals surface area contributed by atoms with Crippen LogP contribution in [0.4, 0.5) is 15.8 Å². The molecule has 1 heterocycles. The van der Waals surface area contributed by atoms with Gasteiger partial charge in [-0.1, -0.05) is 29.3 Å². The fourth-order valence-corrected chi connectivity index (χ4v) is 4.55. The summed E-state index contributed by atoms with van der Waals surface area (Å²) in [5, 5.41) is 14.7. The zero-order valence-electron chi connectivity index (χ0n) is 19.6. The van der Waals surface area contributed by atoms with Gasteiger partial charge in [-0.3, -0.25) is 15.0 Å². The minimum atomic E-state index is -0.745. The SMILES string of the molecule is Cc1cc(Cl)cc(C(=O)Nc2ccc(Cl)cc2)c1NC(=O)c1ccc(C(=N)N2CCCCC2)cc1F. The van der Waals surface area contributed by atoms with E-state index in [1.54, 1.807) is 43.3 Å². The monoisotopic (exact) mass is 526 g/mol. The van der Waals surface area contributed by atoms with E-state index in [1.165, 1.54) is 18.2 Å². The van der Waals surface area contributed by atoms with E-state index in [1.807, 2.05) is 4.90 Å². The molecule has 1 aliphatic heterocycles. The Hall–Kier alpha value is -3.42. The molecule has 0 radical (unpaired) electrons. The molecule has 36 heavy (non-hydrogen) atoms. The first kappa shape index (κ1) is 25.7. The Balaban J connectivity index is 1.56. The Labute approximate surface area is 218 Å². The highest BCUT2D eigenvalue weighted by molar-refractivity contribution is 6.31. The summed E-state index contributed by atoms with van der Waals surface area (Å²) in [6.45, 7) is 3.22. The highest BCUT2D eigenvalue weighted by atomic mass is 35.5. The number of rotatable bonds is 5. The van der Waals surface area contributed by atoms with E-state index in [0.29, 0.717) is 26.9 Å². The molecule has 1 fully saturated rings. The maximum atomic E-state index is 15.0. The maximum absolute atomic E-state index is 15.0. The van der Waals surface area contributed by atoms with Gasteiger partial charge in [-0.15, -0.1) is 0 Å². The average molecular weight is 527 g/mol. The van der Waals surface area contributed by atoms with Crippen molar-refractivity contribution in [2.75, 3.05) is 23.7 Å². The normalized spacial score (nSPS) is 13.3. The molecule has 6 nitrogen and oxygen atoms in total. The summed E-state index contributed by atoms with van der Waals surface area (Å²) in [7, 11) is 0. The van der Waals surface area contributed by atoms with Gasteiger partial charge in [0, 0.05) is 34.4 Å². The second-order valence-electron chi connectivity index (χ2n) is 8.65. The number of halogens is 3. The smallest absolute Gasteiger partial charge is 0.258 e. The van der Waals surface area contributed by atoms with Gasteiger partial charge >= 0.3 is 0 Å². The van der Waals surface area contributed by atoms with Crippen LogP contribution in [0.5, 0.6) is 0 Å². The molecule has 3 aromatic rings. The van der Waals surface area contributed by atoms with Gasteiger partial charge in [0.2, 0.25) is 0 Å². The molecule has 186 valence electrons. The molecular weight excluding hydrogens is 502 g/mol. The van der Waals surface area contributed by atoms with Gasteiger partial charge in [0.05, 0.1) is 16.8 Å². The van der Waals surface area contributed by atoms with E-state index >= 15 is 0 Å². The summed E-state index contributed by atoms with van der Waals surface area (Å²) in [5.41, 5.74) is 1.63. The number of amides is 2. The first-order chi connectivity index (χ1) is 17.2. The van der Waals surface area contributed by atoms with Crippen molar-refractivity contribution >= 4 is 52.2 Å². The topological polar surface area (TPSA) is 85.3 Å². The van der Waals surface area contributed by atoms with Crippen LogP contribution in [0.1, 0.15) is 51.1 Å². The van der Waals surface area contributed by atoms with Crippen molar-refractivity contribution in [1.29, 1.82) is 5.41 Å². The Morgan fingerprint density at radius 2 is 1.53 bits per heavy atom. The summed E-state index contributed by atoms with van der Waals surface area (Å²) in [5.74, 6) is -1.71. The summed E-state index contributed by atoms with van der Waals surface area (Å²) in [6, 6.07) is 13.7. The van der Waals surface area contributed by atoms with Crippen LogP contribution in [0.2, 0.25) is 10.0 Å². The third-order valence-corrected chi connectivity index (χ3v) is 6.52. The lowest BCUT2D eigenvalue weighted by Crippen LogP contribution is -2.35. The molecule has 3 aromatic carbocycles. The number of hydrogen-bond acceptors (Lipinski definition) is 3. The van der Waals surface area contributed by atoms with E-state index in [2.05, 4.69) is 10.6 Å². The molecule has 0 atom stereocenters. The highest BCUT2D eigenvalue weighted by Crippen LogP contribution is 2.28. The van der Waals surface area contributed by atoms with Crippen molar-refractivity contribution < 1.29 is 14.0 Å². The fraction of sp³-hybridized carbons (Fsp3) is 0.222. The Morgan fingerprint density at radius 1 is 0.861 bits per heavy atom. The van der Waals surface area contributed by atoms with Crippen LogP contribution >= 0.6 is 23.2 Å². The number of amidine groups is 1. The Kier molecular flexibility index (Phi) is 7.91. The second kappa shape index (κ2) is 11.1. The minimum absolute atomic E-state index is 0.132. The van der Waals surface area contributed by atoms with Gasteiger partial charge in [0.25, 0.3) is 11.8 Å². The zero-order valence-corrected chi connectivity index (χ0v) is 21.1. The van der Waals surface area contributed by atoms with Crippen molar-refractivity contribution in [3.8, 4) is 0 Å². The van der Waals surface area contributed by atoms with Crippen LogP contribution in [0.3, 0.4) is 0 Å². The first-order valence-corrected chi connectivity index (χ1v) is 12.3. The van der Waals surface area contributed by atoms with Crippen LogP contribution in [-0.4, -0.2) is 35.6 Å². The Bertz CT molecular complexity index is 1320. The van der Waals surface area contributed by atoms with Gasteiger partial charge in [0.1, 0.15) is 11.7 Å². The van der Waals surface area contributed by atoms with Crippen molar-refractivity contribution in [3.63, 3.8) is 0 Å². The number of carbonyl (C=O) groups excluding carboxylic acids is 2. The maximum Gasteiger partial charge on any atom is 0.258 e. The van der Waals surface area contributed by atoms with Crippen LogP contribution in [0, 0.1) is 18.2 Å². The molecule has 3 N–H and O–H groups in total. The van der Waals surface area contributed by atoms with E-state index in [4.69, 9.17) is 28.6 Å². The standard InChI is InChI=1S/C27H25Cl2FN4O2/c1-16-13-19(29)15-22(27(36)32-20-8-6-18(28)7-9-20)24(16)33-26(35)21-10-5-17(14-23(21)30)25(31)34-11-3-2-4-12-34/h5-10,13-15,31H,2-4,11-12H2,1H3,(H,32,36)(H,33,35). The predicted octanol–water partition coefficient (Wildman–Crippen LogP) is 6.76. The lowest BCUT2D eigenvalue weighted by atomic mass is 10.0. The first-order valence-electron chi connectivity index (χ1n) is 11.5. The van der Waals surface area contributed by atoms with Crippen molar-refractivity contribution in [1.82, 2.24) is 4.90 Å². The third-order valence-electron chi connectivity index (χ3n) is 6.04. The van der Waals surface area contributed by atoms with Crippen LogP contribution < -0.4 is 10.6 Å². The molecule has 9 heteroatoms. The van der Waals surface area contributed by atoms with Crippen LogP contribution in [0.15, 0.2) is 54.6 Å². The molecule has 1 saturated heterocycles. The van der Waals surface area contributed by atoms with E-state index in [9.17, 15) is 14.0 Å². The number of benzene rings is 3. The van der Waals surface area contributed by atoms with Crippen LogP contribution in [0.25, 0.3) is 0 Å². The molecule has 4 rings (SSSR count). The molecule has 0 aromatic heterocycles. The number of nitrogens with zero attached hydrogens (tertiary/aromatic N) is 1. The number of piperidine rings is 1. The highest BCUT2D eigenvalue weighted by Gasteiger charge is 2.21. The molecule has 0 aliphatic carbocycles. The summed E-state index contributed by atoms with van der Waals surface area (Å²) in [4.78, 5) is 28.0. The lowest BCUT2D eigenvalue weighted by Gasteiger charge is -2.29. The number of aryl methyl sites for hydroxylation is 1. The number of nitrogens with one attached hydrogen (secondary N) is 3. The summed E-state index contributed by atoms with van der Waals surface area (Å²) >= 11 is 12.1. The fourth-order valence-electron chi connectivity index (χ4n) is 4.15. The molecular formula is C27H25Cl2FN4O2. The average Bonchev–Trinajstić information content (AvgIpc) is 2.86. The molecule has 0 unspecified atom stereocenters. The van der Waals surface area contributed by atoms with Crippen LogP contribution in [-0.2, 0) is 0 Å². The number of carbonyl (C=O) groups is 2. The molecule has 0 bridgehead atoms. The zero-order chi connectivity index (χ0) is 25.8. The predicted molar refractivity (Wildman–Crippen MR) is 142 cm³/mol. The number of anilines is 2. The van der Waals surface area contributed by atoms with Gasteiger partial charge in [-0.2, -0.15) is 0 Å². The van der Waals surface area contributed by atoms with E-state index < -0.39 is 17.6 Å². The number of likely N-dealkylation sites (tertiary alicyclic amines) is 1. The van der Waals surface area contributed by atoms with Gasteiger partial charge in [-0.05, 0) is 80.3 Å². The number of hydrogen-bond donors (Lipinski definition) is 3. The summed E-state index contributed by atoms with van der Waals surface area (Å²) < 4.78 is 15.0. The summed E-state index contributed by atoms with van der Waals surface area (Å²) in [6.07, 6.45) is 3.13. The minimum Gasteiger partial charge on any atom is -0.357 e. The van der Waals surface area contributed by atoms with Gasteiger partial charge in [-0.25, -0.2) is 4.39 Å².